The zero-order valence-electron chi connectivity index (χ0n) is 13.9. The zero-order chi connectivity index (χ0) is 18.6. The van der Waals surface area contributed by atoms with Crippen molar-refractivity contribution in [3.63, 3.8) is 0 Å². The summed E-state index contributed by atoms with van der Waals surface area (Å²) < 4.78 is 13.1. The van der Waals surface area contributed by atoms with E-state index in [1.54, 1.807) is 13.0 Å². The minimum absolute atomic E-state index is 0.0139. The van der Waals surface area contributed by atoms with Crippen molar-refractivity contribution < 1.29 is 14.0 Å². The second-order valence-corrected chi connectivity index (χ2v) is 7.18. The van der Waals surface area contributed by atoms with Gasteiger partial charge in [-0.2, -0.15) is 0 Å². The quantitative estimate of drug-likeness (QED) is 0.713. The van der Waals surface area contributed by atoms with Gasteiger partial charge in [-0.05, 0) is 50.1 Å². The molecule has 2 rings (SSSR count). The van der Waals surface area contributed by atoms with E-state index in [2.05, 4.69) is 10.6 Å². The highest BCUT2D eigenvalue weighted by Crippen LogP contribution is 2.28. The number of hydrogen-bond donors (Lipinski definition) is 3. The molecule has 0 aliphatic carbocycles. The maximum absolute atomic E-state index is 13.1. The molecule has 0 bridgehead atoms. The summed E-state index contributed by atoms with van der Waals surface area (Å²) in [7, 11) is 0. The minimum atomic E-state index is -0.515. The Balaban J connectivity index is 2.06. The van der Waals surface area contributed by atoms with Crippen LogP contribution >= 0.6 is 22.9 Å². The molecule has 2 amide bonds. The van der Waals surface area contributed by atoms with Crippen LogP contribution in [0.15, 0.2) is 24.3 Å². The number of rotatable bonds is 6. The van der Waals surface area contributed by atoms with Crippen molar-refractivity contribution in [1.29, 1.82) is 0 Å². The third-order valence-electron chi connectivity index (χ3n) is 3.42. The van der Waals surface area contributed by atoms with E-state index in [0.29, 0.717) is 22.8 Å². The van der Waals surface area contributed by atoms with Crippen molar-refractivity contribution >= 4 is 39.8 Å². The number of hydrogen-bond acceptors (Lipinski definition) is 4. The number of aryl methyl sites for hydroxylation is 1. The monoisotopic (exact) mass is 383 g/mol. The van der Waals surface area contributed by atoms with Crippen LogP contribution in [0, 0.1) is 12.7 Å². The topological polar surface area (TPSA) is 84.2 Å². The minimum Gasteiger partial charge on any atom is -0.351 e. The van der Waals surface area contributed by atoms with Crippen LogP contribution in [0.5, 0.6) is 0 Å². The van der Waals surface area contributed by atoms with Gasteiger partial charge in [-0.15, -0.1) is 11.3 Å². The van der Waals surface area contributed by atoms with Crippen LogP contribution in [-0.2, 0) is 0 Å². The van der Waals surface area contributed by atoms with E-state index in [0.717, 1.165) is 17.7 Å². The first-order chi connectivity index (χ1) is 11.8. The zero-order valence-corrected chi connectivity index (χ0v) is 15.4. The smallest absolute Gasteiger partial charge is 0.261 e. The molecule has 25 heavy (non-hydrogen) atoms. The summed E-state index contributed by atoms with van der Waals surface area (Å²) in [6.07, 6.45) is 0.683. The molecule has 134 valence electrons. The highest BCUT2D eigenvalue weighted by atomic mass is 35.5. The Morgan fingerprint density at radius 3 is 2.68 bits per heavy atom. The van der Waals surface area contributed by atoms with Crippen molar-refractivity contribution in [3.05, 3.63) is 51.1 Å². The first-order valence-electron chi connectivity index (χ1n) is 7.68. The van der Waals surface area contributed by atoms with Crippen molar-refractivity contribution in [2.45, 2.75) is 26.3 Å². The standard InChI is InChI=1S/C17H19ClFN3O2S/c1-9-7-14(25-15(9)17(24)21-6-5-10(2)20)22-16(23)12-4-3-11(19)8-13(12)18/h3-4,7-8,10H,5-6,20H2,1-2H3,(H,21,24)(H,22,23). The van der Waals surface area contributed by atoms with E-state index in [9.17, 15) is 14.0 Å². The summed E-state index contributed by atoms with van der Waals surface area (Å²) >= 11 is 7.05. The Hall–Kier alpha value is -1.96. The summed E-state index contributed by atoms with van der Waals surface area (Å²) in [5.41, 5.74) is 6.57. The van der Waals surface area contributed by atoms with Crippen LogP contribution in [-0.4, -0.2) is 24.4 Å². The largest absolute Gasteiger partial charge is 0.351 e. The fourth-order valence-corrected chi connectivity index (χ4v) is 3.35. The lowest BCUT2D eigenvalue weighted by atomic mass is 10.2. The van der Waals surface area contributed by atoms with E-state index in [4.69, 9.17) is 17.3 Å². The molecule has 0 aliphatic rings. The predicted octanol–water partition coefficient (Wildman–Crippen LogP) is 3.57. The molecule has 1 heterocycles. The summed E-state index contributed by atoms with van der Waals surface area (Å²) in [5, 5.41) is 6.02. The molecule has 4 N–H and O–H groups in total. The van der Waals surface area contributed by atoms with Gasteiger partial charge in [0.05, 0.1) is 20.5 Å². The van der Waals surface area contributed by atoms with Gasteiger partial charge in [-0.3, -0.25) is 9.59 Å². The number of nitrogens with two attached hydrogens (primary N) is 1. The average molecular weight is 384 g/mol. The van der Waals surface area contributed by atoms with Crippen molar-refractivity contribution in [2.24, 2.45) is 5.73 Å². The van der Waals surface area contributed by atoms with Crippen LogP contribution < -0.4 is 16.4 Å². The van der Waals surface area contributed by atoms with Crippen LogP contribution in [0.3, 0.4) is 0 Å². The summed E-state index contributed by atoms with van der Waals surface area (Å²) in [6.45, 7) is 4.15. The third-order valence-corrected chi connectivity index (χ3v) is 4.89. The fraction of sp³-hybridized carbons (Fsp3) is 0.294. The molecule has 1 aromatic heterocycles. The number of halogens is 2. The van der Waals surface area contributed by atoms with Gasteiger partial charge >= 0.3 is 0 Å². The van der Waals surface area contributed by atoms with Gasteiger partial charge in [0.1, 0.15) is 5.82 Å². The summed E-state index contributed by atoms with van der Waals surface area (Å²) in [4.78, 5) is 25.0. The first-order valence-corrected chi connectivity index (χ1v) is 8.88. The second-order valence-electron chi connectivity index (χ2n) is 5.72. The first kappa shape index (κ1) is 19.4. The Bertz CT molecular complexity index is 792. The van der Waals surface area contributed by atoms with Crippen LogP contribution in [0.4, 0.5) is 9.39 Å². The Morgan fingerprint density at radius 2 is 2.04 bits per heavy atom. The second kappa shape index (κ2) is 8.42. The average Bonchev–Trinajstić information content (AvgIpc) is 2.87. The third kappa shape index (κ3) is 5.26. The van der Waals surface area contributed by atoms with Crippen molar-refractivity contribution in [3.8, 4) is 0 Å². The summed E-state index contributed by atoms with van der Waals surface area (Å²) in [6, 6.07) is 5.28. The lowest BCUT2D eigenvalue weighted by Gasteiger charge is -2.06. The number of nitrogens with one attached hydrogen (secondary N) is 2. The van der Waals surface area contributed by atoms with E-state index in [-0.39, 0.29) is 22.5 Å². The maximum Gasteiger partial charge on any atom is 0.261 e. The van der Waals surface area contributed by atoms with E-state index in [1.165, 1.54) is 17.4 Å². The normalized spacial score (nSPS) is 11.9. The summed E-state index contributed by atoms with van der Waals surface area (Å²) in [5.74, 6) is -1.18. The molecule has 1 atom stereocenters. The van der Waals surface area contributed by atoms with Crippen molar-refractivity contribution in [2.75, 3.05) is 11.9 Å². The molecule has 2 aromatic rings. The Morgan fingerprint density at radius 1 is 1.32 bits per heavy atom. The van der Waals surface area contributed by atoms with Gasteiger partial charge in [0.25, 0.3) is 11.8 Å². The number of carbonyl (C=O) groups is 2. The Labute approximate surface area is 154 Å². The number of carbonyl (C=O) groups excluding carboxylic acids is 2. The van der Waals surface area contributed by atoms with E-state index >= 15 is 0 Å². The van der Waals surface area contributed by atoms with Gasteiger partial charge in [0.15, 0.2) is 0 Å². The van der Waals surface area contributed by atoms with Crippen LogP contribution in [0.1, 0.15) is 38.9 Å². The molecule has 0 saturated carbocycles. The molecule has 0 saturated heterocycles. The van der Waals surface area contributed by atoms with Crippen LogP contribution in [0.2, 0.25) is 5.02 Å². The van der Waals surface area contributed by atoms with E-state index in [1.807, 2.05) is 6.92 Å². The predicted molar refractivity (Wildman–Crippen MR) is 99.0 cm³/mol. The lowest BCUT2D eigenvalue weighted by molar-refractivity contribution is 0.0955. The molecule has 1 unspecified atom stereocenters. The molecule has 5 nitrogen and oxygen atoms in total. The maximum atomic E-state index is 13.1. The fourth-order valence-electron chi connectivity index (χ4n) is 2.12. The number of thiophene rings is 1. The molecule has 0 fully saturated rings. The molecule has 8 heteroatoms. The molecule has 0 aliphatic heterocycles. The Kier molecular flexibility index (Phi) is 6.52. The SMILES string of the molecule is Cc1cc(NC(=O)c2ccc(F)cc2Cl)sc1C(=O)NCCC(C)N. The highest BCUT2D eigenvalue weighted by Gasteiger charge is 2.17. The lowest BCUT2D eigenvalue weighted by Crippen LogP contribution is -2.28. The van der Waals surface area contributed by atoms with Gasteiger partial charge in [0.2, 0.25) is 0 Å². The van der Waals surface area contributed by atoms with Gasteiger partial charge in [-0.1, -0.05) is 11.6 Å². The van der Waals surface area contributed by atoms with Gasteiger partial charge in [-0.25, -0.2) is 4.39 Å². The molecule has 1 aromatic carbocycles. The van der Waals surface area contributed by atoms with Crippen molar-refractivity contribution in [1.82, 2.24) is 5.32 Å². The molecule has 0 radical (unpaired) electrons. The van der Waals surface area contributed by atoms with E-state index < -0.39 is 11.7 Å². The van der Waals surface area contributed by atoms with Gasteiger partial charge in [0, 0.05) is 12.6 Å². The van der Waals surface area contributed by atoms with Gasteiger partial charge < -0.3 is 16.4 Å². The number of anilines is 1. The molecular weight excluding hydrogens is 365 g/mol. The molecule has 0 spiro atoms. The van der Waals surface area contributed by atoms with Crippen LogP contribution in [0.25, 0.3) is 0 Å². The molecular formula is C17H19ClFN3O2S. The number of benzene rings is 1. The highest BCUT2D eigenvalue weighted by molar-refractivity contribution is 7.18. The number of amides is 2.